The highest BCUT2D eigenvalue weighted by atomic mass is 19.1. The summed E-state index contributed by atoms with van der Waals surface area (Å²) in [5, 5.41) is 3.13. The molecular formula is C18H19FN2O2. The van der Waals surface area contributed by atoms with Gasteiger partial charge in [-0.1, -0.05) is 18.2 Å². The summed E-state index contributed by atoms with van der Waals surface area (Å²) in [5.41, 5.74) is 2.64. The fourth-order valence-corrected chi connectivity index (χ4v) is 2.74. The Kier molecular flexibility index (Phi) is 4.37. The minimum absolute atomic E-state index is 0.274. The van der Waals surface area contributed by atoms with Crippen LogP contribution in [0.1, 0.15) is 5.56 Å². The van der Waals surface area contributed by atoms with Gasteiger partial charge in [-0.3, -0.25) is 0 Å². The molecular weight excluding hydrogens is 295 g/mol. The van der Waals surface area contributed by atoms with Gasteiger partial charge < -0.3 is 19.7 Å². The van der Waals surface area contributed by atoms with Gasteiger partial charge in [0, 0.05) is 24.5 Å². The number of nitrogens with one attached hydrogen (secondary N) is 1. The molecule has 23 heavy (non-hydrogen) atoms. The first-order valence-electron chi connectivity index (χ1n) is 7.37. The second kappa shape index (κ2) is 6.60. The highest BCUT2D eigenvalue weighted by molar-refractivity contribution is 5.76. The van der Waals surface area contributed by atoms with E-state index in [1.807, 2.05) is 36.7 Å². The van der Waals surface area contributed by atoms with Crippen LogP contribution in [0.5, 0.6) is 11.5 Å². The van der Waals surface area contributed by atoms with Gasteiger partial charge in [-0.2, -0.15) is 0 Å². The summed E-state index contributed by atoms with van der Waals surface area (Å²) < 4.78 is 24.7. The SMILES string of the molecule is COc1cccc(-c2cc(F)ccc2CN2C=CNC2)c1OC. The van der Waals surface area contributed by atoms with Crippen LogP contribution in [0.2, 0.25) is 0 Å². The van der Waals surface area contributed by atoms with Crippen LogP contribution in [0, 0.1) is 5.82 Å². The molecule has 0 radical (unpaired) electrons. The zero-order valence-electron chi connectivity index (χ0n) is 13.2. The maximum absolute atomic E-state index is 13.9. The van der Waals surface area contributed by atoms with Crippen LogP contribution in [0.3, 0.4) is 0 Å². The summed E-state index contributed by atoms with van der Waals surface area (Å²) in [6.45, 7) is 1.42. The second-order valence-electron chi connectivity index (χ2n) is 5.27. The van der Waals surface area contributed by atoms with Crippen molar-refractivity contribution in [2.75, 3.05) is 20.9 Å². The molecule has 0 fully saturated rings. The molecule has 5 heteroatoms. The van der Waals surface area contributed by atoms with E-state index < -0.39 is 0 Å². The average Bonchev–Trinajstić information content (AvgIpc) is 3.08. The molecule has 2 aromatic rings. The number of para-hydroxylation sites is 1. The Hall–Kier alpha value is -2.69. The monoisotopic (exact) mass is 314 g/mol. The molecule has 4 nitrogen and oxygen atoms in total. The molecule has 0 aromatic heterocycles. The van der Waals surface area contributed by atoms with Crippen molar-refractivity contribution in [1.82, 2.24) is 10.2 Å². The number of nitrogens with zero attached hydrogens (tertiary/aromatic N) is 1. The topological polar surface area (TPSA) is 33.7 Å². The molecule has 0 unspecified atom stereocenters. The smallest absolute Gasteiger partial charge is 0.168 e. The predicted molar refractivity (Wildman–Crippen MR) is 87.6 cm³/mol. The lowest BCUT2D eigenvalue weighted by molar-refractivity contribution is 0.356. The van der Waals surface area contributed by atoms with Crippen LogP contribution in [0.4, 0.5) is 4.39 Å². The van der Waals surface area contributed by atoms with E-state index in [1.54, 1.807) is 20.3 Å². The van der Waals surface area contributed by atoms with Crippen molar-refractivity contribution in [2.45, 2.75) is 6.54 Å². The summed E-state index contributed by atoms with van der Waals surface area (Å²) >= 11 is 0. The lowest BCUT2D eigenvalue weighted by Crippen LogP contribution is -2.20. The van der Waals surface area contributed by atoms with Crippen molar-refractivity contribution in [3.63, 3.8) is 0 Å². The Morgan fingerprint density at radius 3 is 2.70 bits per heavy atom. The summed E-state index contributed by atoms with van der Waals surface area (Å²) in [6, 6.07) is 10.5. The van der Waals surface area contributed by atoms with Gasteiger partial charge in [0.2, 0.25) is 0 Å². The summed E-state index contributed by atoms with van der Waals surface area (Å²) in [7, 11) is 3.18. The van der Waals surface area contributed by atoms with Gasteiger partial charge >= 0.3 is 0 Å². The van der Waals surface area contributed by atoms with Gasteiger partial charge in [0.1, 0.15) is 5.82 Å². The number of methoxy groups -OCH3 is 2. The highest BCUT2D eigenvalue weighted by Crippen LogP contribution is 2.39. The first-order chi connectivity index (χ1) is 11.2. The third-order valence-corrected chi connectivity index (χ3v) is 3.84. The Morgan fingerprint density at radius 2 is 2.00 bits per heavy atom. The Bertz CT molecular complexity index is 731. The van der Waals surface area contributed by atoms with Crippen molar-refractivity contribution >= 4 is 0 Å². The van der Waals surface area contributed by atoms with Crippen LogP contribution in [-0.4, -0.2) is 25.8 Å². The molecule has 0 saturated heterocycles. The third kappa shape index (κ3) is 3.08. The van der Waals surface area contributed by atoms with Crippen molar-refractivity contribution in [3.05, 3.63) is 60.2 Å². The summed E-state index contributed by atoms with van der Waals surface area (Å²) in [5.74, 6) is 0.962. The van der Waals surface area contributed by atoms with Gasteiger partial charge in [-0.05, 0) is 29.3 Å². The fourth-order valence-electron chi connectivity index (χ4n) is 2.74. The Morgan fingerprint density at radius 1 is 1.13 bits per heavy atom. The first-order valence-corrected chi connectivity index (χ1v) is 7.37. The molecule has 1 aliphatic rings. The van der Waals surface area contributed by atoms with Crippen LogP contribution in [0.15, 0.2) is 48.8 Å². The van der Waals surface area contributed by atoms with E-state index in [4.69, 9.17) is 9.47 Å². The number of hydrogen-bond acceptors (Lipinski definition) is 4. The number of rotatable bonds is 5. The predicted octanol–water partition coefficient (Wildman–Crippen LogP) is 3.34. The quantitative estimate of drug-likeness (QED) is 0.918. The molecule has 0 spiro atoms. The first kappa shape index (κ1) is 15.2. The standard InChI is InChI=1S/C18H19FN2O2/c1-22-17-5-3-4-15(18(17)23-2)16-10-14(19)7-6-13(16)11-21-9-8-20-12-21/h3-10,20H,11-12H2,1-2H3. The van der Waals surface area contributed by atoms with E-state index in [2.05, 4.69) is 10.2 Å². The molecule has 0 atom stereocenters. The number of halogens is 1. The van der Waals surface area contributed by atoms with Crippen LogP contribution >= 0.6 is 0 Å². The average molecular weight is 314 g/mol. The maximum atomic E-state index is 13.9. The van der Waals surface area contributed by atoms with E-state index >= 15 is 0 Å². The molecule has 1 N–H and O–H groups in total. The molecule has 0 aliphatic carbocycles. The molecule has 0 saturated carbocycles. The van der Waals surface area contributed by atoms with Crippen LogP contribution in [-0.2, 0) is 6.54 Å². The lowest BCUT2D eigenvalue weighted by atomic mass is 9.98. The third-order valence-electron chi connectivity index (χ3n) is 3.84. The zero-order chi connectivity index (χ0) is 16.2. The van der Waals surface area contributed by atoms with Crippen molar-refractivity contribution in [1.29, 1.82) is 0 Å². The van der Waals surface area contributed by atoms with E-state index in [-0.39, 0.29) is 5.82 Å². The number of ether oxygens (including phenoxy) is 2. The molecule has 1 aliphatic heterocycles. The van der Waals surface area contributed by atoms with Gasteiger partial charge in [-0.15, -0.1) is 0 Å². The minimum Gasteiger partial charge on any atom is -0.493 e. The number of hydrogen-bond donors (Lipinski definition) is 1. The zero-order valence-corrected chi connectivity index (χ0v) is 13.2. The normalized spacial score (nSPS) is 13.1. The van der Waals surface area contributed by atoms with Crippen molar-refractivity contribution in [2.24, 2.45) is 0 Å². The summed E-state index contributed by atoms with van der Waals surface area (Å²) in [6.07, 6.45) is 3.88. The minimum atomic E-state index is -0.274. The van der Waals surface area contributed by atoms with Crippen molar-refractivity contribution in [3.8, 4) is 22.6 Å². The lowest BCUT2D eigenvalue weighted by Gasteiger charge is -2.19. The molecule has 3 rings (SSSR count). The van der Waals surface area contributed by atoms with E-state index in [9.17, 15) is 4.39 Å². The fraction of sp³-hybridized carbons (Fsp3) is 0.222. The van der Waals surface area contributed by atoms with Crippen LogP contribution < -0.4 is 14.8 Å². The van der Waals surface area contributed by atoms with E-state index in [0.717, 1.165) is 23.4 Å². The van der Waals surface area contributed by atoms with Gasteiger partial charge in [0.05, 0.1) is 20.9 Å². The maximum Gasteiger partial charge on any atom is 0.168 e. The van der Waals surface area contributed by atoms with Gasteiger partial charge in [-0.25, -0.2) is 4.39 Å². The molecule has 0 bridgehead atoms. The van der Waals surface area contributed by atoms with Gasteiger partial charge in [0.25, 0.3) is 0 Å². The van der Waals surface area contributed by atoms with Gasteiger partial charge in [0.15, 0.2) is 11.5 Å². The molecule has 1 heterocycles. The number of benzene rings is 2. The van der Waals surface area contributed by atoms with E-state index in [0.29, 0.717) is 18.0 Å². The van der Waals surface area contributed by atoms with Crippen molar-refractivity contribution < 1.29 is 13.9 Å². The Balaban J connectivity index is 2.08. The van der Waals surface area contributed by atoms with Crippen LogP contribution in [0.25, 0.3) is 11.1 Å². The molecule has 2 aromatic carbocycles. The second-order valence-corrected chi connectivity index (χ2v) is 5.27. The van der Waals surface area contributed by atoms with E-state index in [1.165, 1.54) is 6.07 Å². The molecule has 120 valence electrons. The summed E-state index contributed by atoms with van der Waals surface area (Å²) in [4.78, 5) is 2.11. The largest absolute Gasteiger partial charge is 0.493 e. The highest BCUT2D eigenvalue weighted by Gasteiger charge is 2.16. The Labute approximate surface area is 135 Å². The molecule has 0 amide bonds.